The highest BCUT2D eigenvalue weighted by Crippen LogP contribution is 2.30. The van der Waals surface area contributed by atoms with Crippen molar-refractivity contribution in [2.45, 2.75) is 0 Å². The molecular weight excluding hydrogens is 294 g/mol. The van der Waals surface area contributed by atoms with Crippen LogP contribution in [0.2, 0.25) is 0 Å². The largest absolute Gasteiger partial charge is 0.490 e. The lowest BCUT2D eigenvalue weighted by Gasteiger charge is -2.10. The van der Waals surface area contributed by atoms with E-state index in [0.717, 1.165) is 16.0 Å². The molecular formula is C14H14BrNO2. The minimum absolute atomic E-state index is 0.469. The van der Waals surface area contributed by atoms with E-state index >= 15 is 0 Å². The van der Waals surface area contributed by atoms with E-state index < -0.39 is 0 Å². The molecule has 0 saturated carbocycles. The lowest BCUT2D eigenvalue weighted by Crippen LogP contribution is -2.09. The molecule has 0 saturated heterocycles. The van der Waals surface area contributed by atoms with Crippen molar-refractivity contribution in [3.63, 3.8) is 0 Å². The zero-order chi connectivity index (χ0) is 12.8. The number of ether oxygens (including phenoxy) is 2. The molecule has 0 aliphatic rings. The Morgan fingerprint density at radius 3 is 2.39 bits per heavy atom. The fraction of sp³-hybridized carbons (Fsp3) is 0.143. The van der Waals surface area contributed by atoms with Gasteiger partial charge in [0.25, 0.3) is 0 Å². The molecule has 2 aromatic carbocycles. The minimum atomic E-state index is 0.469. The van der Waals surface area contributed by atoms with Gasteiger partial charge in [-0.3, -0.25) is 0 Å². The number of rotatable bonds is 5. The molecule has 0 aromatic heterocycles. The topological polar surface area (TPSA) is 44.5 Å². The molecule has 0 bridgehead atoms. The van der Waals surface area contributed by atoms with E-state index in [4.69, 9.17) is 15.2 Å². The zero-order valence-corrected chi connectivity index (χ0v) is 11.4. The Labute approximate surface area is 115 Å². The van der Waals surface area contributed by atoms with E-state index in [-0.39, 0.29) is 0 Å². The summed E-state index contributed by atoms with van der Waals surface area (Å²) in [7, 11) is 0. The van der Waals surface area contributed by atoms with Crippen LogP contribution >= 0.6 is 15.9 Å². The van der Waals surface area contributed by atoms with Crippen LogP contribution < -0.4 is 15.2 Å². The van der Waals surface area contributed by atoms with Gasteiger partial charge >= 0.3 is 0 Å². The van der Waals surface area contributed by atoms with Crippen LogP contribution in [0.3, 0.4) is 0 Å². The van der Waals surface area contributed by atoms with Crippen molar-refractivity contribution in [1.82, 2.24) is 0 Å². The average molecular weight is 308 g/mol. The Morgan fingerprint density at radius 2 is 1.61 bits per heavy atom. The van der Waals surface area contributed by atoms with E-state index in [1.54, 1.807) is 0 Å². The van der Waals surface area contributed by atoms with Crippen molar-refractivity contribution in [2.24, 2.45) is 0 Å². The standard InChI is InChI=1S/C14H14BrNO2/c15-14-12(16)7-4-8-13(14)18-10-9-17-11-5-2-1-3-6-11/h1-8H,9-10,16H2. The van der Waals surface area contributed by atoms with Gasteiger partial charge in [-0.1, -0.05) is 24.3 Å². The predicted molar refractivity (Wildman–Crippen MR) is 76.0 cm³/mol. The fourth-order valence-corrected chi connectivity index (χ4v) is 1.85. The second-order valence-electron chi connectivity index (χ2n) is 3.67. The third-order valence-electron chi connectivity index (χ3n) is 2.35. The van der Waals surface area contributed by atoms with E-state index in [1.807, 2.05) is 48.5 Å². The van der Waals surface area contributed by atoms with Gasteiger partial charge in [-0.15, -0.1) is 0 Å². The quantitative estimate of drug-likeness (QED) is 0.679. The Morgan fingerprint density at radius 1 is 0.889 bits per heavy atom. The van der Waals surface area contributed by atoms with Crippen molar-refractivity contribution in [3.8, 4) is 11.5 Å². The van der Waals surface area contributed by atoms with E-state index in [2.05, 4.69) is 15.9 Å². The number of nitrogens with two attached hydrogens (primary N) is 1. The lowest BCUT2D eigenvalue weighted by atomic mass is 10.3. The highest BCUT2D eigenvalue weighted by molar-refractivity contribution is 9.10. The monoisotopic (exact) mass is 307 g/mol. The molecule has 0 unspecified atom stereocenters. The van der Waals surface area contributed by atoms with Crippen molar-refractivity contribution in [1.29, 1.82) is 0 Å². The van der Waals surface area contributed by atoms with Crippen LogP contribution in [0, 0.1) is 0 Å². The van der Waals surface area contributed by atoms with Gasteiger partial charge in [0.1, 0.15) is 24.7 Å². The first-order chi connectivity index (χ1) is 8.77. The number of anilines is 1. The maximum atomic E-state index is 5.76. The second-order valence-corrected chi connectivity index (χ2v) is 4.46. The first-order valence-electron chi connectivity index (χ1n) is 5.62. The normalized spacial score (nSPS) is 10.1. The number of hydrogen-bond donors (Lipinski definition) is 1. The molecule has 2 rings (SSSR count). The van der Waals surface area contributed by atoms with E-state index in [1.165, 1.54) is 0 Å². The molecule has 94 valence electrons. The molecule has 0 spiro atoms. The summed E-state index contributed by atoms with van der Waals surface area (Å²) in [6, 6.07) is 15.2. The molecule has 2 N–H and O–H groups in total. The van der Waals surface area contributed by atoms with Gasteiger partial charge in [0.05, 0.1) is 4.47 Å². The first-order valence-corrected chi connectivity index (χ1v) is 6.41. The van der Waals surface area contributed by atoms with Crippen LogP contribution in [0.25, 0.3) is 0 Å². The van der Waals surface area contributed by atoms with Crippen LogP contribution in [0.15, 0.2) is 53.0 Å². The molecule has 2 aromatic rings. The number of para-hydroxylation sites is 1. The van der Waals surface area contributed by atoms with Gasteiger partial charge in [-0.2, -0.15) is 0 Å². The van der Waals surface area contributed by atoms with Crippen LogP contribution in [0.4, 0.5) is 5.69 Å². The predicted octanol–water partition coefficient (Wildman–Crippen LogP) is 3.49. The summed E-state index contributed by atoms with van der Waals surface area (Å²) in [5.74, 6) is 1.57. The highest BCUT2D eigenvalue weighted by atomic mass is 79.9. The second kappa shape index (κ2) is 6.31. The number of nitrogen functional groups attached to an aromatic ring is 1. The minimum Gasteiger partial charge on any atom is -0.490 e. The van der Waals surface area contributed by atoms with Crippen molar-refractivity contribution < 1.29 is 9.47 Å². The summed E-state index contributed by atoms with van der Waals surface area (Å²) >= 11 is 3.39. The summed E-state index contributed by atoms with van der Waals surface area (Å²) < 4.78 is 11.9. The summed E-state index contributed by atoms with van der Waals surface area (Å²) in [4.78, 5) is 0. The van der Waals surface area contributed by atoms with Crippen LogP contribution in [0.1, 0.15) is 0 Å². The molecule has 4 heteroatoms. The zero-order valence-electron chi connectivity index (χ0n) is 9.80. The molecule has 0 radical (unpaired) electrons. The summed E-state index contributed by atoms with van der Waals surface area (Å²) in [5, 5.41) is 0. The Hall–Kier alpha value is -1.68. The van der Waals surface area contributed by atoms with Crippen molar-refractivity contribution in [2.75, 3.05) is 18.9 Å². The summed E-state index contributed by atoms with van der Waals surface area (Å²) in [6.07, 6.45) is 0. The molecule has 0 amide bonds. The first kappa shape index (κ1) is 12.8. The number of hydrogen-bond acceptors (Lipinski definition) is 3. The lowest BCUT2D eigenvalue weighted by molar-refractivity contribution is 0.216. The molecule has 0 fully saturated rings. The van der Waals surface area contributed by atoms with Gasteiger partial charge < -0.3 is 15.2 Å². The van der Waals surface area contributed by atoms with Crippen LogP contribution in [0.5, 0.6) is 11.5 Å². The summed E-state index contributed by atoms with van der Waals surface area (Å²) in [5.41, 5.74) is 6.42. The molecule has 3 nitrogen and oxygen atoms in total. The van der Waals surface area contributed by atoms with Gasteiger partial charge in [0, 0.05) is 5.69 Å². The highest BCUT2D eigenvalue weighted by Gasteiger charge is 2.03. The van der Waals surface area contributed by atoms with Gasteiger partial charge in [0.15, 0.2) is 0 Å². The molecule has 18 heavy (non-hydrogen) atoms. The Kier molecular flexibility index (Phi) is 4.47. The maximum absolute atomic E-state index is 5.76. The third kappa shape index (κ3) is 3.40. The Balaban J connectivity index is 1.81. The van der Waals surface area contributed by atoms with Crippen LogP contribution in [-0.4, -0.2) is 13.2 Å². The van der Waals surface area contributed by atoms with E-state index in [9.17, 15) is 0 Å². The summed E-state index contributed by atoms with van der Waals surface area (Å²) in [6.45, 7) is 0.961. The molecule has 0 heterocycles. The van der Waals surface area contributed by atoms with E-state index in [0.29, 0.717) is 18.9 Å². The van der Waals surface area contributed by atoms with Gasteiger partial charge in [-0.05, 0) is 40.2 Å². The van der Waals surface area contributed by atoms with Crippen molar-refractivity contribution in [3.05, 3.63) is 53.0 Å². The SMILES string of the molecule is Nc1cccc(OCCOc2ccccc2)c1Br. The third-order valence-corrected chi connectivity index (χ3v) is 3.19. The molecule has 0 aliphatic carbocycles. The maximum Gasteiger partial charge on any atom is 0.135 e. The number of benzene rings is 2. The van der Waals surface area contributed by atoms with Gasteiger partial charge in [-0.25, -0.2) is 0 Å². The van der Waals surface area contributed by atoms with Gasteiger partial charge in [0.2, 0.25) is 0 Å². The smallest absolute Gasteiger partial charge is 0.135 e. The molecule has 0 atom stereocenters. The Bertz CT molecular complexity index is 502. The molecule has 0 aliphatic heterocycles. The van der Waals surface area contributed by atoms with Crippen molar-refractivity contribution >= 4 is 21.6 Å². The average Bonchev–Trinajstić information content (AvgIpc) is 2.40. The van der Waals surface area contributed by atoms with Crippen LogP contribution in [-0.2, 0) is 0 Å². The number of halogens is 1. The fourth-order valence-electron chi connectivity index (χ4n) is 1.47.